The molecule has 1 N–H and O–H groups in total. The second-order valence-electron chi connectivity index (χ2n) is 3.68. The second kappa shape index (κ2) is 5.43. The standard InChI is InChI=1S/C11H15BrN6/c1-4-8-15-9(5-2)18(17-8)10-7(12)6-14-11(13-3)16-10/h6H,4-5H2,1-3H3,(H,13,14,16). The van der Waals surface area contributed by atoms with E-state index in [0.717, 1.165) is 29.0 Å². The van der Waals surface area contributed by atoms with Crippen molar-refractivity contribution in [1.29, 1.82) is 0 Å². The Labute approximate surface area is 114 Å². The largest absolute Gasteiger partial charge is 0.357 e. The van der Waals surface area contributed by atoms with Gasteiger partial charge in [0, 0.05) is 26.1 Å². The lowest BCUT2D eigenvalue weighted by molar-refractivity contribution is 0.762. The van der Waals surface area contributed by atoms with Crippen molar-refractivity contribution in [2.75, 3.05) is 12.4 Å². The zero-order chi connectivity index (χ0) is 13.1. The lowest BCUT2D eigenvalue weighted by Crippen LogP contribution is -2.08. The minimum Gasteiger partial charge on any atom is -0.357 e. The summed E-state index contributed by atoms with van der Waals surface area (Å²) in [6.07, 6.45) is 3.32. The van der Waals surface area contributed by atoms with Gasteiger partial charge in [-0.3, -0.25) is 0 Å². The molecule has 0 aromatic carbocycles. The van der Waals surface area contributed by atoms with Crippen molar-refractivity contribution in [3.8, 4) is 5.82 Å². The topological polar surface area (TPSA) is 68.5 Å². The first-order valence-electron chi connectivity index (χ1n) is 5.85. The maximum Gasteiger partial charge on any atom is 0.224 e. The van der Waals surface area contributed by atoms with Crippen LogP contribution in [0.3, 0.4) is 0 Å². The van der Waals surface area contributed by atoms with E-state index in [-0.39, 0.29) is 0 Å². The Morgan fingerprint density at radius 1 is 1.28 bits per heavy atom. The van der Waals surface area contributed by atoms with Gasteiger partial charge in [-0.15, -0.1) is 5.10 Å². The Balaban J connectivity index is 2.56. The fourth-order valence-corrected chi connectivity index (χ4v) is 1.93. The third kappa shape index (κ3) is 2.35. The quantitative estimate of drug-likeness (QED) is 0.935. The molecule has 18 heavy (non-hydrogen) atoms. The molecule has 7 heteroatoms. The van der Waals surface area contributed by atoms with Crippen LogP contribution < -0.4 is 5.32 Å². The Bertz CT molecular complexity index is 550. The fraction of sp³-hybridized carbons (Fsp3) is 0.455. The summed E-state index contributed by atoms with van der Waals surface area (Å²) in [4.78, 5) is 13.0. The van der Waals surface area contributed by atoms with Crippen LogP contribution >= 0.6 is 15.9 Å². The predicted molar refractivity (Wildman–Crippen MR) is 73.0 cm³/mol. The molecule has 0 aliphatic rings. The number of aryl methyl sites for hydroxylation is 2. The normalized spacial score (nSPS) is 10.7. The maximum absolute atomic E-state index is 4.47. The van der Waals surface area contributed by atoms with Crippen LogP contribution in [-0.2, 0) is 12.8 Å². The zero-order valence-corrected chi connectivity index (χ0v) is 12.2. The number of rotatable bonds is 4. The summed E-state index contributed by atoms with van der Waals surface area (Å²) in [5.41, 5.74) is 0. The van der Waals surface area contributed by atoms with Crippen molar-refractivity contribution >= 4 is 21.9 Å². The first-order valence-corrected chi connectivity index (χ1v) is 6.64. The SMILES string of the molecule is CCc1nc(CC)n(-c2nc(NC)ncc2Br)n1. The minimum atomic E-state index is 0.559. The molecule has 0 fully saturated rings. The monoisotopic (exact) mass is 310 g/mol. The lowest BCUT2D eigenvalue weighted by atomic mass is 10.4. The van der Waals surface area contributed by atoms with Crippen LogP contribution in [0.15, 0.2) is 10.7 Å². The van der Waals surface area contributed by atoms with Gasteiger partial charge in [0.05, 0.1) is 4.47 Å². The number of nitrogens with one attached hydrogen (secondary N) is 1. The van der Waals surface area contributed by atoms with Crippen LogP contribution in [0.25, 0.3) is 5.82 Å². The van der Waals surface area contributed by atoms with Gasteiger partial charge in [-0.05, 0) is 15.9 Å². The van der Waals surface area contributed by atoms with E-state index in [0.29, 0.717) is 11.8 Å². The third-order valence-corrected chi connectivity index (χ3v) is 3.06. The Morgan fingerprint density at radius 3 is 2.67 bits per heavy atom. The van der Waals surface area contributed by atoms with E-state index in [4.69, 9.17) is 0 Å². The third-order valence-electron chi connectivity index (χ3n) is 2.50. The van der Waals surface area contributed by atoms with Crippen LogP contribution in [0.5, 0.6) is 0 Å². The van der Waals surface area contributed by atoms with Crippen LogP contribution in [0, 0.1) is 0 Å². The molecular formula is C11H15BrN6. The average Bonchev–Trinajstić information content (AvgIpc) is 2.82. The van der Waals surface area contributed by atoms with E-state index in [1.165, 1.54) is 0 Å². The van der Waals surface area contributed by atoms with E-state index in [9.17, 15) is 0 Å². The predicted octanol–water partition coefficient (Wildman–Crippen LogP) is 1.99. The summed E-state index contributed by atoms with van der Waals surface area (Å²) in [5.74, 6) is 2.99. The number of nitrogens with zero attached hydrogens (tertiary/aromatic N) is 5. The van der Waals surface area contributed by atoms with Gasteiger partial charge in [-0.1, -0.05) is 13.8 Å². The van der Waals surface area contributed by atoms with E-state index in [1.54, 1.807) is 17.9 Å². The van der Waals surface area contributed by atoms with Crippen molar-refractivity contribution in [3.63, 3.8) is 0 Å². The van der Waals surface area contributed by atoms with Gasteiger partial charge >= 0.3 is 0 Å². The van der Waals surface area contributed by atoms with Crippen molar-refractivity contribution in [1.82, 2.24) is 24.7 Å². The lowest BCUT2D eigenvalue weighted by Gasteiger charge is -2.07. The van der Waals surface area contributed by atoms with Gasteiger partial charge in [0.25, 0.3) is 0 Å². The molecule has 0 aliphatic heterocycles. The first kappa shape index (κ1) is 12.9. The highest BCUT2D eigenvalue weighted by atomic mass is 79.9. The number of halogens is 1. The molecule has 6 nitrogen and oxygen atoms in total. The molecule has 2 aromatic heterocycles. The smallest absolute Gasteiger partial charge is 0.224 e. The second-order valence-corrected chi connectivity index (χ2v) is 4.53. The van der Waals surface area contributed by atoms with Crippen LogP contribution in [0.4, 0.5) is 5.95 Å². The van der Waals surface area contributed by atoms with E-state index < -0.39 is 0 Å². The van der Waals surface area contributed by atoms with Gasteiger partial charge in [-0.2, -0.15) is 9.67 Å². The van der Waals surface area contributed by atoms with Gasteiger partial charge in [0.15, 0.2) is 11.6 Å². The molecule has 0 aliphatic carbocycles. The van der Waals surface area contributed by atoms with Crippen molar-refractivity contribution in [2.45, 2.75) is 26.7 Å². The van der Waals surface area contributed by atoms with Gasteiger partial charge in [0.2, 0.25) is 5.95 Å². The minimum absolute atomic E-state index is 0.559. The van der Waals surface area contributed by atoms with E-state index >= 15 is 0 Å². The highest BCUT2D eigenvalue weighted by Gasteiger charge is 2.14. The highest BCUT2D eigenvalue weighted by molar-refractivity contribution is 9.10. The molecule has 2 rings (SSSR count). The molecule has 0 bridgehead atoms. The van der Waals surface area contributed by atoms with Crippen molar-refractivity contribution < 1.29 is 0 Å². The molecule has 2 heterocycles. The molecule has 0 saturated carbocycles. The van der Waals surface area contributed by atoms with Crippen molar-refractivity contribution in [2.24, 2.45) is 0 Å². The van der Waals surface area contributed by atoms with Gasteiger partial charge in [0.1, 0.15) is 5.82 Å². The maximum atomic E-state index is 4.47. The fourth-order valence-electron chi connectivity index (χ4n) is 1.57. The number of anilines is 1. The van der Waals surface area contributed by atoms with Crippen LogP contribution in [0.1, 0.15) is 25.5 Å². The first-order chi connectivity index (χ1) is 8.69. The molecule has 0 radical (unpaired) electrons. The molecule has 96 valence electrons. The molecule has 0 amide bonds. The van der Waals surface area contributed by atoms with E-state index in [1.807, 2.05) is 13.8 Å². The molecule has 0 saturated heterocycles. The molecule has 0 unspecified atom stereocenters. The number of aromatic nitrogens is 5. The van der Waals surface area contributed by atoms with Crippen LogP contribution in [0.2, 0.25) is 0 Å². The molecular weight excluding hydrogens is 296 g/mol. The molecule has 2 aromatic rings. The zero-order valence-electron chi connectivity index (χ0n) is 10.6. The van der Waals surface area contributed by atoms with Crippen molar-refractivity contribution in [3.05, 3.63) is 22.3 Å². The van der Waals surface area contributed by atoms with Gasteiger partial charge in [-0.25, -0.2) is 9.97 Å². The van der Waals surface area contributed by atoms with Gasteiger partial charge < -0.3 is 5.32 Å². The number of hydrogen-bond donors (Lipinski definition) is 1. The summed E-state index contributed by atoms with van der Waals surface area (Å²) in [6.45, 7) is 4.08. The number of hydrogen-bond acceptors (Lipinski definition) is 5. The molecule has 0 spiro atoms. The average molecular weight is 311 g/mol. The Hall–Kier alpha value is -1.50. The van der Waals surface area contributed by atoms with Crippen LogP contribution in [-0.4, -0.2) is 31.8 Å². The highest BCUT2D eigenvalue weighted by Crippen LogP contribution is 2.20. The summed E-state index contributed by atoms with van der Waals surface area (Å²) in [6, 6.07) is 0. The summed E-state index contributed by atoms with van der Waals surface area (Å²) < 4.78 is 2.56. The summed E-state index contributed by atoms with van der Waals surface area (Å²) in [7, 11) is 1.78. The summed E-state index contributed by atoms with van der Waals surface area (Å²) >= 11 is 3.45. The van der Waals surface area contributed by atoms with E-state index in [2.05, 4.69) is 41.3 Å². The molecule has 0 atom stereocenters. The Morgan fingerprint density at radius 2 is 2.06 bits per heavy atom. The Kier molecular flexibility index (Phi) is 3.90. The summed E-state index contributed by atoms with van der Waals surface area (Å²) in [5, 5.41) is 7.38.